The monoisotopic (exact) mass is 376 g/mol. The quantitative estimate of drug-likeness (QED) is 0.610. The number of Topliss-reactive ketones (excluding diaryl/α,β-unsaturated/α-hetero) is 1. The van der Waals surface area contributed by atoms with E-state index in [9.17, 15) is 14.4 Å². The van der Waals surface area contributed by atoms with Gasteiger partial charge in [0.15, 0.2) is 0 Å². The molecule has 2 aromatic carbocycles. The van der Waals surface area contributed by atoms with E-state index in [-0.39, 0.29) is 6.42 Å². The molecule has 0 radical (unpaired) electrons. The molecule has 2 amide bonds. The van der Waals surface area contributed by atoms with Gasteiger partial charge in [0.25, 0.3) is 11.8 Å². The molecule has 3 aromatic rings. The fourth-order valence-corrected chi connectivity index (χ4v) is 2.93. The molecule has 1 unspecified atom stereocenters. The summed E-state index contributed by atoms with van der Waals surface area (Å²) in [5.74, 6) is -2.44. The number of nitrogens with one attached hydrogen (secondary N) is 1. The van der Waals surface area contributed by atoms with Crippen LogP contribution in [0, 0.1) is 6.92 Å². The molecule has 28 heavy (non-hydrogen) atoms. The zero-order valence-electron chi connectivity index (χ0n) is 15.3. The summed E-state index contributed by atoms with van der Waals surface area (Å²) in [6.45, 7) is 1.75. The van der Waals surface area contributed by atoms with Crippen molar-refractivity contribution in [1.29, 1.82) is 0 Å². The Morgan fingerprint density at radius 2 is 1.64 bits per heavy atom. The first-order valence-electron chi connectivity index (χ1n) is 8.76. The van der Waals surface area contributed by atoms with Gasteiger partial charge in [-0.25, -0.2) is 4.68 Å². The van der Waals surface area contributed by atoms with Gasteiger partial charge in [0.05, 0.1) is 11.9 Å². The Labute approximate surface area is 162 Å². The maximum Gasteiger partial charge on any atom is 0.287 e. The Kier molecular flexibility index (Phi) is 5.64. The van der Waals surface area contributed by atoms with E-state index in [1.807, 2.05) is 60.7 Å². The van der Waals surface area contributed by atoms with Gasteiger partial charge in [-0.3, -0.25) is 14.4 Å². The molecule has 1 heterocycles. The van der Waals surface area contributed by atoms with E-state index in [2.05, 4.69) is 10.4 Å². The molecule has 0 spiro atoms. The van der Waals surface area contributed by atoms with Crippen molar-refractivity contribution in [3.8, 4) is 5.69 Å². The highest BCUT2D eigenvalue weighted by molar-refractivity contribution is 6.38. The third-order valence-electron chi connectivity index (χ3n) is 4.32. The average molecular weight is 376 g/mol. The van der Waals surface area contributed by atoms with Gasteiger partial charge in [0.2, 0.25) is 5.78 Å². The van der Waals surface area contributed by atoms with Crippen LogP contribution in [0.4, 0.5) is 0 Å². The minimum absolute atomic E-state index is 0.160. The van der Waals surface area contributed by atoms with Crippen molar-refractivity contribution < 1.29 is 14.4 Å². The van der Waals surface area contributed by atoms with Crippen LogP contribution in [-0.2, 0) is 16.0 Å². The van der Waals surface area contributed by atoms with Crippen molar-refractivity contribution in [2.75, 3.05) is 0 Å². The standard InChI is InChI=1S/C21H20N4O3/c1-14-13-23-25(16-10-6-3-7-11-16)18(14)21(28)24-17(19(26)20(22)27)12-15-8-4-2-5-9-15/h2-11,13,17H,12H2,1H3,(H2,22,27)(H,24,28). The molecule has 142 valence electrons. The van der Waals surface area contributed by atoms with Crippen molar-refractivity contribution in [1.82, 2.24) is 15.1 Å². The second kappa shape index (κ2) is 8.30. The molecule has 0 fully saturated rings. The fourth-order valence-electron chi connectivity index (χ4n) is 2.93. The number of rotatable bonds is 7. The van der Waals surface area contributed by atoms with Gasteiger partial charge in [-0.15, -0.1) is 0 Å². The molecule has 7 heteroatoms. The van der Waals surface area contributed by atoms with E-state index >= 15 is 0 Å². The van der Waals surface area contributed by atoms with Crippen molar-refractivity contribution in [3.05, 3.63) is 83.7 Å². The largest absolute Gasteiger partial charge is 0.363 e. The zero-order valence-corrected chi connectivity index (χ0v) is 15.3. The van der Waals surface area contributed by atoms with Crippen LogP contribution in [0.2, 0.25) is 0 Å². The summed E-state index contributed by atoms with van der Waals surface area (Å²) < 4.78 is 1.50. The number of nitrogens with two attached hydrogens (primary N) is 1. The topological polar surface area (TPSA) is 107 Å². The molecule has 3 rings (SSSR count). The minimum Gasteiger partial charge on any atom is -0.363 e. The van der Waals surface area contributed by atoms with E-state index in [4.69, 9.17) is 5.73 Å². The predicted octanol–water partition coefficient (Wildman–Crippen LogP) is 1.58. The number of benzene rings is 2. The number of carbonyl (C=O) groups excluding carboxylic acids is 3. The van der Waals surface area contributed by atoms with E-state index in [0.29, 0.717) is 16.9 Å². The van der Waals surface area contributed by atoms with Crippen LogP contribution in [0.5, 0.6) is 0 Å². The Hall–Kier alpha value is -3.74. The third kappa shape index (κ3) is 4.15. The number of hydrogen-bond acceptors (Lipinski definition) is 4. The fraction of sp³-hybridized carbons (Fsp3) is 0.143. The Morgan fingerprint density at radius 3 is 2.25 bits per heavy atom. The van der Waals surface area contributed by atoms with E-state index in [0.717, 1.165) is 5.56 Å². The number of ketones is 1. The number of nitrogens with zero attached hydrogens (tertiary/aromatic N) is 2. The highest BCUT2D eigenvalue weighted by atomic mass is 16.2. The minimum atomic E-state index is -1.09. The molecule has 0 aliphatic heterocycles. The number of carbonyl (C=O) groups is 3. The summed E-state index contributed by atoms with van der Waals surface area (Å²) in [4.78, 5) is 36.7. The molecule has 0 bridgehead atoms. The van der Waals surface area contributed by atoms with Gasteiger partial charge in [-0.2, -0.15) is 5.10 Å². The van der Waals surface area contributed by atoms with Crippen molar-refractivity contribution in [2.45, 2.75) is 19.4 Å². The average Bonchev–Trinajstić information content (AvgIpc) is 3.10. The van der Waals surface area contributed by atoms with Crippen LogP contribution < -0.4 is 11.1 Å². The Morgan fingerprint density at radius 1 is 1.04 bits per heavy atom. The lowest BCUT2D eigenvalue weighted by Gasteiger charge is -2.17. The first-order valence-corrected chi connectivity index (χ1v) is 8.76. The number of aryl methyl sites for hydroxylation is 1. The normalized spacial score (nSPS) is 11.6. The second-order valence-corrected chi connectivity index (χ2v) is 6.37. The number of hydrogen-bond donors (Lipinski definition) is 2. The molecule has 7 nitrogen and oxygen atoms in total. The summed E-state index contributed by atoms with van der Waals surface area (Å²) in [5, 5.41) is 6.91. The lowest BCUT2D eigenvalue weighted by molar-refractivity contribution is -0.137. The Bertz CT molecular complexity index is 997. The highest BCUT2D eigenvalue weighted by Crippen LogP contribution is 2.15. The number of aromatic nitrogens is 2. The van der Waals surface area contributed by atoms with Crippen molar-refractivity contribution in [3.63, 3.8) is 0 Å². The lowest BCUT2D eigenvalue weighted by Crippen LogP contribution is -2.47. The van der Waals surface area contributed by atoms with E-state index in [1.165, 1.54) is 4.68 Å². The van der Waals surface area contributed by atoms with Gasteiger partial charge < -0.3 is 11.1 Å². The summed E-state index contributed by atoms with van der Waals surface area (Å²) in [5.41, 5.74) is 7.63. The van der Waals surface area contributed by atoms with Crippen LogP contribution in [0.3, 0.4) is 0 Å². The molecule has 1 aromatic heterocycles. The smallest absolute Gasteiger partial charge is 0.287 e. The molecule has 0 aliphatic carbocycles. The van der Waals surface area contributed by atoms with Gasteiger partial charge in [0, 0.05) is 12.0 Å². The van der Waals surface area contributed by atoms with E-state index in [1.54, 1.807) is 13.1 Å². The number of para-hydroxylation sites is 1. The molecule has 0 saturated heterocycles. The molecule has 3 N–H and O–H groups in total. The van der Waals surface area contributed by atoms with Crippen molar-refractivity contribution in [2.24, 2.45) is 5.73 Å². The summed E-state index contributed by atoms with van der Waals surface area (Å²) in [7, 11) is 0. The van der Waals surface area contributed by atoms with Gasteiger partial charge in [0.1, 0.15) is 11.7 Å². The van der Waals surface area contributed by atoms with Crippen LogP contribution in [0.25, 0.3) is 5.69 Å². The Balaban J connectivity index is 1.89. The molecule has 0 saturated carbocycles. The van der Waals surface area contributed by atoms with Crippen LogP contribution >= 0.6 is 0 Å². The molecular formula is C21H20N4O3. The molecular weight excluding hydrogens is 356 g/mol. The number of primary amides is 1. The second-order valence-electron chi connectivity index (χ2n) is 6.37. The highest BCUT2D eigenvalue weighted by Gasteiger charge is 2.28. The lowest BCUT2D eigenvalue weighted by atomic mass is 10.0. The van der Waals surface area contributed by atoms with Crippen LogP contribution in [0.1, 0.15) is 21.6 Å². The SMILES string of the molecule is Cc1cnn(-c2ccccc2)c1C(=O)NC(Cc1ccccc1)C(=O)C(N)=O. The van der Waals surface area contributed by atoms with E-state index < -0.39 is 23.6 Å². The van der Waals surface area contributed by atoms with Gasteiger partial charge >= 0.3 is 0 Å². The maximum absolute atomic E-state index is 13.0. The van der Waals surface area contributed by atoms with Gasteiger partial charge in [-0.1, -0.05) is 48.5 Å². The number of amides is 2. The third-order valence-corrected chi connectivity index (χ3v) is 4.32. The summed E-state index contributed by atoms with van der Waals surface area (Å²) in [6.07, 6.45) is 1.73. The first kappa shape index (κ1) is 19.0. The maximum atomic E-state index is 13.0. The molecule has 1 atom stereocenters. The zero-order chi connectivity index (χ0) is 20.1. The first-order chi connectivity index (χ1) is 13.5. The summed E-state index contributed by atoms with van der Waals surface area (Å²) >= 11 is 0. The van der Waals surface area contributed by atoms with Crippen molar-refractivity contribution >= 4 is 17.6 Å². The van der Waals surface area contributed by atoms with Crippen LogP contribution in [0.15, 0.2) is 66.9 Å². The molecule has 0 aliphatic rings. The predicted molar refractivity (Wildman–Crippen MR) is 104 cm³/mol. The van der Waals surface area contributed by atoms with Gasteiger partial charge in [-0.05, 0) is 24.6 Å². The summed E-state index contributed by atoms with van der Waals surface area (Å²) in [6, 6.07) is 17.2. The van der Waals surface area contributed by atoms with Crippen LogP contribution in [-0.4, -0.2) is 33.4 Å².